The first-order chi connectivity index (χ1) is 7.59. The van der Waals surface area contributed by atoms with Crippen molar-refractivity contribution in [2.24, 2.45) is 11.8 Å². The second-order valence-corrected chi connectivity index (χ2v) is 5.31. The molecule has 1 aliphatic heterocycles. The first-order valence-electron chi connectivity index (χ1n) is 6.35. The maximum absolute atomic E-state index is 4.66. The van der Waals surface area contributed by atoms with Gasteiger partial charge in [-0.1, -0.05) is 20.8 Å². The number of rotatable bonds is 3. The summed E-state index contributed by atoms with van der Waals surface area (Å²) in [5.74, 6) is 2.63. The molecule has 0 saturated carbocycles. The second-order valence-electron chi connectivity index (χ2n) is 5.31. The van der Waals surface area contributed by atoms with Crippen molar-refractivity contribution in [3.05, 3.63) is 17.2 Å². The Balaban J connectivity index is 2.23. The highest BCUT2D eigenvalue weighted by Gasteiger charge is 2.19. The number of hydrogen-bond donors (Lipinski definition) is 1. The minimum atomic E-state index is 0.715. The number of aryl methyl sites for hydroxylation is 1. The van der Waals surface area contributed by atoms with E-state index >= 15 is 0 Å². The van der Waals surface area contributed by atoms with Crippen molar-refractivity contribution >= 4 is 0 Å². The highest BCUT2D eigenvalue weighted by atomic mass is 15.1. The summed E-state index contributed by atoms with van der Waals surface area (Å²) in [4.78, 5) is 4.66. The average molecular weight is 221 g/mol. The molecule has 3 nitrogen and oxygen atoms in total. The average Bonchev–Trinajstić information content (AvgIpc) is 2.55. The van der Waals surface area contributed by atoms with Crippen LogP contribution >= 0.6 is 0 Å². The van der Waals surface area contributed by atoms with Gasteiger partial charge >= 0.3 is 0 Å². The van der Waals surface area contributed by atoms with Crippen LogP contribution in [-0.4, -0.2) is 16.1 Å². The Hall–Kier alpha value is -0.830. The minimum Gasteiger partial charge on any atom is -0.332 e. The van der Waals surface area contributed by atoms with Crippen molar-refractivity contribution in [2.75, 3.05) is 6.54 Å². The highest BCUT2D eigenvalue weighted by Crippen LogP contribution is 2.20. The molecule has 2 heterocycles. The Labute approximate surface area is 98.3 Å². The molecule has 0 spiro atoms. The summed E-state index contributed by atoms with van der Waals surface area (Å²) in [6.07, 6.45) is 1.13. The molecule has 1 aromatic rings. The fraction of sp³-hybridized carbons (Fsp3) is 0.769. The maximum Gasteiger partial charge on any atom is 0.106 e. The normalized spacial score (nSPS) is 17.6. The molecule has 1 aromatic heterocycles. The van der Waals surface area contributed by atoms with E-state index < -0.39 is 0 Å². The van der Waals surface area contributed by atoms with Crippen LogP contribution in [0.15, 0.2) is 0 Å². The van der Waals surface area contributed by atoms with Crippen LogP contribution in [0.3, 0.4) is 0 Å². The zero-order valence-electron chi connectivity index (χ0n) is 10.9. The van der Waals surface area contributed by atoms with Crippen LogP contribution in [0.2, 0.25) is 0 Å². The van der Waals surface area contributed by atoms with Gasteiger partial charge in [0.2, 0.25) is 0 Å². The molecule has 90 valence electrons. The predicted octanol–water partition coefficient (Wildman–Crippen LogP) is 2.13. The standard InChI is InChI=1S/C13H23N3/c1-9(2)10(3)8-16-11(4)15-12-7-14-6-5-13(12)16/h9-10,14H,5-8H2,1-4H3. The van der Waals surface area contributed by atoms with Gasteiger partial charge in [-0.25, -0.2) is 4.98 Å². The predicted molar refractivity (Wildman–Crippen MR) is 66.4 cm³/mol. The highest BCUT2D eigenvalue weighted by molar-refractivity contribution is 5.19. The van der Waals surface area contributed by atoms with Gasteiger partial charge in [0.15, 0.2) is 0 Å². The lowest BCUT2D eigenvalue weighted by molar-refractivity contribution is 0.356. The number of nitrogens with zero attached hydrogens (tertiary/aromatic N) is 2. The van der Waals surface area contributed by atoms with Crippen LogP contribution in [0.25, 0.3) is 0 Å². The van der Waals surface area contributed by atoms with Gasteiger partial charge in [-0.3, -0.25) is 0 Å². The lowest BCUT2D eigenvalue weighted by atomic mass is 9.98. The van der Waals surface area contributed by atoms with E-state index in [1.165, 1.54) is 17.2 Å². The van der Waals surface area contributed by atoms with E-state index in [1.807, 2.05) is 0 Å². The zero-order chi connectivity index (χ0) is 11.7. The molecule has 0 saturated heterocycles. The second kappa shape index (κ2) is 4.58. The van der Waals surface area contributed by atoms with E-state index in [2.05, 4.69) is 42.6 Å². The van der Waals surface area contributed by atoms with Crippen LogP contribution in [0.5, 0.6) is 0 Å². The molecule has 1 atom stereocenters. The monoisotopic (exact) mass is 221 g/mol. The van der Waals surface area contributed by atoms with E-state index in [1.54, 1.807) is 0 Å². The molecule has 1 unspecified atom stereocenters. The Morgan fingerprint density at radius 2 is 2.12 bits per heavy atom. The van der Waals surface area contributed by atoms with Gasteiger partial charge in [0.1, 0.15) is 5.82 Å². The topological polar surface area (TPSA) is 29.9 Å². The van der Waals surface area contributed by atoms with Crippen LogP contribution in [0.4, 0.5) is 0 Å². The van der Waals surface area contributed by atoms with Gasteiger partial charge in [0.25, 0.3) is 0 Å². The van der Waals surface area contributed by atoms with Crippen molar-refractivity contribution in [3.63, 3.8) is 0 Å². The summed E-state index contributed by atoms with van der Waals surface area (Å²) < 4.78 is 2.43. The van der Waals surface area contributed by atoms with E-state index in [0.717, 1.165) is 32.0 Å². The van der Waals surface area contributed by atoms with E-state index in [0.29, 0.717) is 5.92 Å². The number of imidazole rings is 1. The lowest BCUT2D eigenvalue weighted by Gasteiger charge is -2.21. The van der Waals surface area contributed by atoms with Gasteiger partial charge in [-0.05, 0) is 18.8 Å². The molecule has 0 aromatic carbocycles. The largest absolute Gasteiger partial charge is 0.332 e. The third kappa shape index (κ3) is 2.14. The van der Waals surface area contributed by atoms with Crippen LogP contribution in [0.1, 0.15) is 38.0 Å². The first-order valence-corrected chi connectivity index (χ1v) is 6.35. The molecule has 1 N–H and O–H groups in total. The summed E-state index contributed by atoms with van der Waals surface area (Å²) in [6, 6.07) is 0. The lowest BCUT2D eigenvalue weighted by Crippen LogP contribution is -2.26. The molecule has 0 bridgehead atoms. The fourth-order valence-electron chi connectivity index (χ4n) is 2.25. The molecular weight excluding hydrogens is 198 g/mol. The van der Waals surface area contributed by atoms with Gasteiger partial charge in [0.05, 0.1) is 5.69 Å². The number of fused-ring (bicyclic) bond motifs is 1. The SMILES string of the molecule is Cc1nc2c(n1CC(C)C(C)C)CCNC2. The maximum atomic E-state index is 4.66. The summed E-state index contributed by atoms with van der Waals surface area (Å²) in [7, 11) is 0. The Bertz CT molecular complexity index is 365. The van der Waals surface area contributed by atoms with Crippen molar-refractivity contribution < 1.29 is 0 Å². The summed E-state index contributed by atoms with van der Waals surface area (Å²) in [6.45, 7) is 12.2. The summed E-state index contributed by atoms with van der Waals surface area (Å²) in [5, 5.41) is 3.38. The van der Waals surface area contributed by atoms with Crippen molar-refractivity contribution in [1.29, 1.82) is 0 Å². The van der Waals surface area contributed by atoms with Crippen LogP contribution < -0.4 is 5.32 Å². The van der Waals surface area contributed by atoms with Crippen LogP contribution in [0, 0.1) is 18.8 Å². The van der Waals surface area contributed by atoms with E-state index in [-0.39, 0.29) is 0 Å². The van der Waals surface area contributed by atoms with Gasteiger partial charge < -0.3 is 9.88 Å². The third-order valence-electron chi connectivity index (χ3n) is 3.79. The van der Waals surface area contributed by atoms with Gasteiger partial charge in [0, 0.05) is 31.7 Å². The zero-order valence-corrected chi connectivity index (χ0v) is 10.9. The first kappa shape index (κ1) is 11.6. The molecule has 0 radical (unpaired) electrons. The molecule has 2 rings (SSSR count). The Morgan fingerprint density at radius 3 is 2.81 bits per heavy atom. The molecule has 1 aliphatic rings. The van der Waals surface area contributed by atoms with E-state index in [9.17, 15) is 0 Å². The fourth-order valence-corrected chi connectivity index (χ4v) is 2.25. The quantitative estimate of drug-likeness (QED) is 0.847. The number of nitrogens with one attached hydrogen (secondary N) is 1. The minimum absolute atomic E-state index is 0.715. The molecule has 0 amide bonds. The smallest absolute Gasteiger partial charge is 0.106 e. The molecule has 0 aliphatic carbocycles. The van der Waals surface area contributed by atoms with Gasteiger partial charge in [-0.15, -0.1) is 0 Å². The molecule has 3 heteroatoms. The number of aromatic nitrogens is 2. The van der Waals surface area contributed by atoms with E-state index in [4.69, 9.17) is 0 Å². The van der Waals surface area contributed by atoms with Crippen molar-refractivity contribution in [2.45, 2.75) is 47.2 Å². The van der Waals surface area contributed by atoms with Gasteiger partial charge in [-0.2, -0.15) is 0 Å². The summed E-state index contributed by atoms with van der Waals surface area (Å²) >= 11 is 0. The molecule has 16 heavy (non-hydrogen) atoms. The molecule has 0 fully saturated rings. The molecular formula is C13H23N3. The number of hydrogen-bond acceptors (Lipinski definition) is 2. The Kier molecular flexibility index (Phi) is 3.33. The van der Waals surface area contributed by atoms with Crippen molar-refractivity contribution in [3.8, 4) is 0 Å². The third-order valence-corrected chi connectivity index (χ3v) is 3.79. The summed E-state index contributed by atoms with van der Waals surface area (Å²) in [5.41, 5.74) is 2.73. The van der Waals surface area contributed by atoms with Crippen molar-refractivity contribution in [1.82, 2.24) is 14.9 Å². The van der Waals surface area contributed by atoms with Crippen LogP contribution in [-0.2, 0) is 19.5 Å². The Morgan fingerprint density at radius 1 is 1.38 bits per heavy atom.